The van der Waals surface area contributed by atoms with Gasteiger partial charge in [0.25, 0.3) is 10.0 Å². The molecule has 1 N–H and O–H groups in total. The van der Waals surface area contributed by atoms with E-state index in [0.717, 1.165) is 12.0 Å². The molecule has 0 aliphatic carbocycles. The molecule has 0 bridgehead atoms. The number of carbonyl (C=O) groups excluding carboxylic acids is 2. The van der Waals surface area contributed by atoms with E-state index in [4.69, 9.17) is 4.74 Å². The summed E-state index contributed by atoms with van der Waals surface area (Å²) in [6.07, 6.45) is 0.993. The van der Waals surface area contributed by atoms with Crippen molar-refractivity contribution in [2.24, 2.45) is 0 Å². The predicted octanol–water partition coefficient (Wildman–Crippen LogP) is 0.578. The molecule has 1 aromatic carbocycles. The Kier molecular flexibility index (Phi) is 4.79. The lowest BCUT2D eigenvalue weighted by molar-refractivity contribution is -0.129. The maximum atomic E-state index is 12.1. The normalized spacial score (nSPS) is 16.0. The summed E-state index contributed by atoms with van der Waals surface area (Å²) in [6, 6.07) is 4.06. The van der Waals surface area contributed by atoms with Crippen LogP contribution < -0.4 is 14.5 Å². The van der Waals surface area contributed by atoms with Gasteiger partial charge < -0.3 is 4.74 Å². The first-order valence-corrected chi connectivity index (χ1v) is 7.97. The minimum Gasteiger partial charge on any atom is -0.495 e. The van der Waals surface area contributed by atoms with Crippen molar-refractivity contribution in [3.63, 3.8) is 0 Å². The van der Waals surface area contributed by atoms with Crippen molar-refractivity contribution >= 4 is 27.5 Å². The van der Waals surface area contributed by atoms with Gasteiger partial charge in [-0.2, -0.15) is 0 Å². The number of nitrogens with zero attached hydrogens (tertiary/aromatic N) is 1. The zero-order valence-electron chi connectivity index (χ0n) is 12.2. The average Bonchev–Trinajstić information content (AvgIpc) is 2.47. The number of carbonyl (C=O) groups is 2. The van der Waals surface area contributed by atoms with E-state index in [9.17, 15) is 18.0 Å². The average molecular weight is 328 g/mol. The maximum Gasteiger partial charge on any atom is 0.266 e. The summed E-state index contributed by atoms with van der Waals surface area (Å²) in [7, 11) is -1.52. The van der Waals surface area contributed by atoms with Crippen LogP contribution in [0.3, 0.4) is 0 Å². The second-order valence-electron chi connectivity index (χ2n) is 4.60. The molecule has 1 heterocycles. The number of methoxy groups -OCH3 is 1. The summed E-state index contributed by atoms with van der Waals surface area (Å²) >= 11 is 0. The number of benzene rings is 1. The maximum absolute atomic E-state index is 12.1. The van der Waals surface area contributed by atoms with Crippen molar-refractivity contribution in [3.8, 4) is 5.75 Å². The van der Waals surface area contributed by atoms with Gasteiger partial charge in [-0.15, -0.1) is 0 Å². The molecule has 1 aliphatic heterocycles. The van der Waals surface area contributed by atoms with Gasteiger partial charge in [-0.05, 0) is 24.6 Å². The summed E-state index contributed by atoms with van der Waals surface area (Å²) in [6.45, 7) is 0. The molecule has 0 saturated carbocycles. The number of hydrogen-bond acceptors (Lipinski definition) is 6. The second-order valence-corrected chi connectivity index (χ2v) is 6.22. The lowest BCUT2D eigenvalue weighted by atomic mass is 10.1. The molecule has 2 rings (SSSR count). The molecule has 0 aromatic heterocycles. The Balaban J connectivity index is 2.51. The standard InChI is InChI=1S/C13H16N2O6S/c1-20-10-7-6-9(8-11(10)22(18,19)14-21-2)15-12(16)4-3-5-13(15)17/h6-8,14H,3-5H2,1-2H3. The van der Waals surface area contributed by atoms with Crippen molar-refractivity contribution in [2.75, 3.05) is 19.1 Å². The smallest absolute Gasteiger partial charge is 0.266 e. The molecule has 9 heteroatoms. The molecular formula is C13H16N2O6S. The molecule has 0 unspecified atom stereocenters. The highest BCUT2D eigenvalue weighted by Crippen LogP contribution is 2.30. The van der Waals surface area contributed by atoms with Gasteiger partial charge in [0.2, 0.25) is 11.8 Å². The van der Waals surface area contributed by atoms with Gasteiger partial charge in [-0.25, -0.2) is 8.42 Å². The fourth-order valence-corrected chi connectivity index (χ4v) is 3.21. The highest BCUT2D eigenvalue weighted by molar-refractivity contribution is 7.89. The van der Waals surface area contributed by atoms with E-state index < -0.39 is 10.0 Å². The van der Waals surface area contributed by atoms with Crippen molar-refractivity contribution < 1.29 is 27.6 Å². The third-order valence-electron chi connectivity index (χ3n) is 3.17. The van der Waals surface area contributed by atoms with Crippen LogP contribution in [0.4, 0.5) is 5.69 Å². The molecule has 1 aliphatic rings. The van der Waals surface area contributed by atoms with Gasteiger partial charge in [0, 0.05) is 12.8 Å². The van der Waals surface area contributed by atoms with Crippen LogP contribution in [0.5, 0.6) is 5.75 Å². The summed E-state index contributed by atoms with van der Waals surface area (Å²) in [5.41, 5.74) is 0.187. The highest BCUT2D eigenvalue weighted by atomic mass is 32.2. The Morgan fingerprint density at radius 3 is 2.32 bits per heavy atom. The van der Waals surface area contributed by atoms with Crippen LogP contribution in [0, 0.1) is 0 Å². The lowest BCUT2D eigenvalue weighted by Gasteiger charge is -2.25. The third kappa shape index (κ3) is 3.11. The van der Waals surface area contributed by atoms with Crippen LogP contribution in [0.1, 0.15) is 19.3 Å². The van der Waals surface area contributed by atoms with E-state index >= 15 is 0 Å². The van der Waals surface area contributed by atoms with Crippen LogP contribution in [-0.4, -0.2) is 34.5 Å². The van der Waals surface area contributed by atoms with E-state index in [2.05, 4.69) is 4.84 Å². The number of imide groups is 1. The third-order valence-corrected chi connectivity index (χ3v) is 4.45. The van der Waals surface area contributed by atoms with Crippen molar-refractivity contribution in [1.82, 2.24) is 4.89 Å². The topological polar surface area (TPSA) is 102 Å². The molecule has 0 radical (unpaired) electrons. The van der Waals surface area contributed by atoms with E-state index in [1.165, 1.54) is 25.3 Å². The zero-order valence-corrected chi connectivity index (χ0v) is 13.0. The SMILES string of the molecule is CONS(=O)(=O)c1cc(N2C(=O)CCCC2=O)ccc1OC. The summed E-state index contributed by atoms with van der Waals surface area (Å²) in [5, 5.41) is 0. The van der Waals surface area contributed by atoms with Crippen LogP contribution in [0.2, 0.25) is 0 Å². The molecule has 0 atom stereocenters. The van der Waals surface area contributed by atoms with Crippen LogP contribution >= 0.6 is 0 Å². The predicted molar refractivity (Wildman–Crippen MR) is 76.7 cm³/mol. The summed E-state index contributed by atoms with van der Waals surface area (Å²) < 4.78 is 29.2. The first-order chi connectivity index (χ1) is 10.4. The monoisotopic (exact) mass is 328 g/mol. The fraction of sp³-hybridized carbons (Fsp3) is 0.385. The summed E-state index contributed by atoms with van der Waals surface area (Å²) in [5.74, 6) is -0.640. The van der Waals surface area contributed by atoms with Crippen molar-refractivity contribution in [1.29, 1.82) is 0 Å². The van der Waals surface area contributed by atoms with E-state index in [0.29, 0.717) is 6.42 Å². The molecule has 2 amide bonds. The number of sulfonamides is 1. The molecule has 120 valence electrons. The molecule has 1 saturated heterocycles. The number of nitrogens with one attached hydrogen (secondary N) is 1. The fourth-order valence-electron chi connectivity index (χ4n) is 2.21. The van der Waals surface area contributed by atoms with E-state index in [1.54, 1.807) is 0 Å². The molecule has 1 fully saturated rings. The van der Waals surface area contributed by atoms with E-state index in [1.807, 2.05) is 4.89 Å². The van der Waals surface area contributed by atoms with Gasteiger partial charge >= 0.3 is 0 Å². The quantitative estimate of drug-likeness (QED) is 0.626. The van der Waals surface area contributed by atoms with E-state index in [-0.39, 0.29) is 41.0 Å². The van der Waals surface area contributed by atoms with Crippen molar-refractivity contribution in [2.45, 2.75) is 24.2 Å². The molecule has 22 heavy (non-hydrogen) atoms. The Hall–Kier alpha value is -1.97. The lowest BCUT2D eigenvalue weighted by Crippen LogP contribution is -2.40. The number of ether oxygens (including phenoxy) is 1. The number of amides is 2. The van der Waals surface area contributed by atoms with Gasteiger partial charge in [0.15, 0.2) is 0 Å². The number of rotatable bonds is 5. The highest BCUT2D eigenvalue weighted by Gasteiger charge is 2.29. The number of anilines is 1. The van der Waals surface area contributed by atoms with Crippen LogP contribution in [-0.2, 0) is 24.4 Å². The minimum atomic E-state index is -4.00. The van der Waals surface area contributed by atoms with Crippen molar-refractivity contribution in [3.05, 3.63) is 18.2 Å². The second kappa shape index (κ2) is 6.42. The first kappa shape index (κ1) is 16.4. The van der Waals surface area contributed by atoms with Gasteiger partial charge in [0.1, 0.15) is 10.6 Å². The largest absolute Gasteiger partial charge is 0.495 e. The Bertz CT molecular complexity index is 684. The minimum absolute atomic E-state index is 0.0743. The first-order valence-electron chi connectivity index (χ1n) is 6.49. The molecular weight excluding hydrogens is 312 g/mol. The Labute approximate surface area is 128 Å². The van der Waals surface area contributed by atoms with Crippen LogP contribution in [0.25, 0.3) is 0 Å². The molecule has 1 aromatic rings. The Morgan fingerprint density at radius 1 is 1.14 bits per heavy atom. The molecule has 8 nitrogen and oxygen atoms in total. The van der Waals surface area contributed by atoms with Gasteiger partial charge in [-0.1, -0.05) is 4.89 Å². The molecule has 0 spiro atoms. The van der Waals surface area contributed by atoms with Gasteiger partial charge in [-0.3, -0.25) is 19.3 Å². The van der Waals surface area contributed by atoms with Gasteiger partial charge in [0.05, 0.1) is 19.9 Å². The van der Waals surface area contributed by atoms with Crippen LogP contribution in [0.15, 0.2) is 23.1 Å². The number of piperidine rings is 1. The zero-order chi connectivity index (χ0) is 16.3. The number of hydrogen-bond donors (Lipinski definition) is 1. The summed E-state index contributed by atoms with van der Waals surface area (Å²) in [4.78, 5) is 31.0. The Morgan fingerprint density at radius 2 is 1.77 bits per heavy atom.